The zero-order valence-corrected chi connectivity index (χ0v) is 12.5. The van der Waals surface area contributed by atoms with Gasteiger partial charge in [0.15, 0.2) is 0 Å². The molecule has 0 radical (unpaired) electrons. The molecule has 0 bridgehead atoms. The standard InChI is InChI=1S/C14H10BrN3O3/c1-21-11-4-5-12(15)13(7-11)17-10-3-2-9(8-16)14(6-10)18(19)20/h2-7,17H,1H3. The molecule has 0 heterocycles. The van der Waals surface area contributed by atoms with E-state index in [-0.39, 0.29) is 11.3 Å². The zero-order chi connectivity index (χ0) is 15.4. The van der Waals surface area contributed by atoms with E-state index < -0.39 is 4.92 Å². The van der Waals surface area contributed by atoms with Crippen LogP contribution < -0.4 is 10.1 Å². The van der Waals surface area contributed by atoms with Crippen LogP contribution in [0.15, 0.2) is 40.9 Å². The summed E-state index contributed by atoms with van der Waals surface area (Å²) < 4.78 is 5.92. The first-order chi connectivity index (χ1) is 10.0. The highest BCUT2D eigenvalue weighted by atomic mass is 79.9. The SMILES string of the molecule is COc1ccc(Br)c(Nc2ccc(C#N)c([N+](=O)[O-])c2)c1. The van der Waals surface area contributed by atoms with Gasteiger partial charge < -0.3 is 10.1 Å². The van der Waals surface area contributed by atoms with Gasteiger partial charge in [-0.15, -0.1) is 0 Å². The Kier molecular flexibility index (Phi) is 4.40. The van der Waals surface area contributed by atoms with Gasteiger partial charge in [0.05, 0.1) is 17.7 Å². The van der Waals surface area contributed by atoms with Gasteiger partial charge in [-0.25, -0.2) is 0 Å². The summed E-state index contributed by atoms with van der Waals surface area (Å²) in [5, 5.41) is 22.9. The molecule has 7 heteroatoms. The minimum atomic E-state index is -0.579. The third kappa shape index (κ3) is 3.30. The minimum Gasteiger partial charge on any atom is -0.497 e. The van der Waals surface area contributed by atoms with Gasteiger partial charge in [-0.1, -0.05) is 0 Å². The van der Waals surface area contributed by atoms with Crippen molar-refractivity contribution in [1.29, 1.82) is 5.26 Å². The molecular formula is C14H10BrN3O3. The number of ether oxygens (including phenoxy) is 1. The topological polar surface area (TPSA) is 88.2 Å². The molecule has 0 unspecified atom stereocenters. The second-order valence-corrected chi connectivity index (χ2v) is 4.93. The number of hydrogen-bond donors (Lipinski definition) is 1. The maximum atomic E-state index is 11.0. The number of nitro groups is 1. The molecule has 0 fully saturated rings. The van der Waals surface area contributed by atoms with Crippen molar-refractivity contribution < 1.29 is 9.66 Å². The summed E-state index contributed by atoms with van der Waals surface area (Å²) >= 11 is 3.39. The molecule has 0 amide bonds. The number of rotatable bonds is 4. The number of nitro benzene ring substituents is 1. The lowest BCUT2D eigenvalue weighted by Crippen LogP contribution is -1.97. The van der Waals surface area contributed by atoms with E-state index in [1.165, 1.54) is 12.1 Å². The van der Waals surface area contributed by atoms with Crippen molar-refractivity contribution in [2.45, 2.75) is 0 Å². The number of hydrogen-bond acceptors (Lipinski definition) is 5. The summed E-state index contributed by atoms with van der Waals surface area (Å²) in [4.78, 5) is 10.4. The Morgan fingerprint density at radius 3 is 2.71 bits per heavy atom. The second-order valence-electron chi connectivity index (χ2n) is 4.07. The number of benzene rings is 2. The van der Waals surface area contributed by atoms with Crippen LogP contribution in [0.1, 0.15) is 5.56 Å². The molecule has 6 nitrogen and oxygen atoms in total. The number of nitrogens with one attached hydrogen (secondary N) is 1. The van der Waals surface area contributed by atoms with Crippen LogP contribution in [0, 0.1) is 21.4 Å². The highest BCUT2D eigenvalue weighted by Gasteiger charge is 2.14. The molecule has 21 heavy (non-hydrogen) atoms. The van der Waals surface area contributed by atoms with Gasteiger partial charge in [-0.3, -0.25) is 10.1 Å². The highest BCUT2D eigenvalue weighted by molar-refractivity contribution is 9.10. The Bertz CT molecular complexity index is 741. The maximum Gasteiger partial charge on any atom is 0.289 e. The number of anilines is 2. The van der Waals surface area contributed by atoms with Crippen LogP contribution in [-0.2, 0) is 0 Å². The number of nitriles is 1. The summed E-state index contributed by atoms with van der Waals surface area (Å²) in [6.07, 6.45) is 0. The van der Waals surface area contributed by atoms with Crippen LogP contribution in [0.4, 0.5) is 17.1 Å². The summed E-state index contributed by atoms with van der Waals surface area (Å²) in [5.41, 5.74) is 1.000. The molecule has 0 aliphatic rings. The molecule has 106 valence electrons. The molecule has 0 saturated heterocycles. The molecule has 0 saturated carbocycles. The Morgan fingerprint density at radius 2 is 2.10 bits per heavy atom. The van der Waals surface area contributed by atoms with Crippen LogP contribution in [0.25, 0.3) is 0 Å². The van der Waals surface area contributed by atoms with Crippen LogP contribution >= 0.6 is 15.9 Å². The first kappa shape index (κ1) is 14.8. The van der Waals surface area contributed by atoms with Gasteiger partial charge in [-0.2, -0.15) is 5.26 Å². The van der Waals surface area contributed by atoms with E-state index in [4.69, 9.17) is 10.00 Å². The Hall–Kier alpha value is -2.59. The molecule has 0 aliphatic heterocycles. The van der Waals surface area contributed by atoms with Crippen molar-refractivity contribution in [3.8, 4) is 11.8 Å². The summed E-state index contributed by atoms with van der Waals surface area (Å²) in [6, 6.07) is 11.5. The van der Waals surface area contributed by atoms with E-state index in [1.807, 2.05) is 0 Å². The van der Waals surface area contributed by atoms with Gasteiger partial charge in [0.2, 0.25) is 0 Å². The van der Waals surface area contributed by atoms with Gasteiger partial charge in [0.25, 0.3) is 5.69 Å². The van der Waals surface area contributed by atoms with Crippen LogP contribution in [-0.4, -0.2) is 12.0 Å². The van der Waals surface area contributed by atoms with E-state index in [0.29, 0.717) is 17.1 Å². The fourth-order valence-corrected chi connectivity index (χ4v) is 2.08. The lowest BCUT2D eigenvalue weighted by atomic mass is 10.1. The van der Waals surface area contributed by atoms with Gasteiger partial charge >= 0.3 is 0 Å². The molecule has 2 aromatic rings. The Labute approximate surface area is 129 Å². The Balaban J connectivity index is 2.38. The van der Waals surface area contributed by atoms with Crippen molar-refractivity contribution in [2.24, 2.45) is 0 Å². The molecule has 0 atom stereocenters. The minimum absolute atomic E-state index is 0.0234. The number of nitrogens with zero attached hydrogens (tertiary/aromatic N) is 2. The highest BCUT2D eigenvalue weighted by Crippen LogP contribution is 2.31. The fourth-order valence-electron chi connectivity index (χ4n) is 1.74. The van der Waals surface area contributed by atoms with Gasteiger partial charge in [0, 0.05) is 22.3 Å². The van der Waals surface area contributed by atoms with Crippen molar-refractivity contribution in [2.75, 3.05) is 12.4 Å². The van der Waals surface area contributed by atoms with Crippen molar-refractivity contribution >= 4 is 33.0 Å². The maximum absolute atomic E-state index is 11.0. The summed E-state index contributed by atoms with van der Waals surface area (Å²) in [6.45, 7) is 0. The molecule has 0 spiro atoms. The third-order valence-corrected chi connectivity index (χ3v) is 3.46. The Morgan fingerprint density at radius 1 is 1.33 bits per heavy atom. The van der Waals surface area contributed by atoms with E-state index in [9.17, 15) is 10.1 Å². The lowest BCUT2D eigenvalue weighted by Gasteiger charge is -2.10. The lowest BCUT2D eigenvalue weighted by molar-refractivity contribution is -0.385. The van der Waals surface area contributed by atoms with Crippen molar-refractivity contribution in [3.05, 3.63) is 56.5 Å². The van der Waals surface area contributed by atoms with E-state index in [1.54, 1.807) is 37.4 Å². The number of halogens is 1. The zero-order valence-electron chi connectivity index (χ0n) is 11.0. The monoisotopic (exact) mass is 347 g/mol. The first-order valence-electron chi connectivity index (χ1n) is 5.84. The quantitative estimate of drug-likeness (QED) is 0.667. The van der Waals surface area contributed by atoms with Crippen LogP contribution in [0.3, 0.4) is 0 Å². The average Bonchev–Trinajstić information content (AvgIpc) is 2.49. The van der Waals surface area contributed by atoms with E-state index >= 15 is 0 Å². The van der Waals surface area contributed by atoms with Crippen LogP contribution in [0.5, 0.6) is 5.75 Å². The van der Waals surface area contributed by atoms with Crippen molar-refractivity contribution in [3.63, 3.8) is 0 Å². The van der Waals surface area contributed by atoms with Crippen molar-refractivity contribution in [1.82, 2.24) is 0 Å². The third-order valence-electron chi connectivity index (χ3n) is 2.77. The molecular weight excluding hydrogens is 338 g/mol. The summed E-state index contributed by atoms with van der Waals surface area (Å²) in [5.74, 6) is 0.656. The normalized spacial score (nSPS) is 9.76. The predicted molar refractivity (Wildman–Crippen MR) is 81.8 cm³/mol. The average molecular weight is 348 g/mol. The molecule has 2 rings (SSSR count). The number of methoxy groups -OCH3 is 1. The van der Waals surface area contributed by atoms with E-state index in [0.717, 1.165) is 4.47 Å². The molecule has 1 N–H and O–H groups in total. The second kappa shape index (κ2) is 6.24. The summed E-state index contributed by atoms with van der Waals surface area (Å²) in [7, 11) is 1.56. The van der Waals surface area contributed by atoms with Gasteiger partial charge in [0.1, 0.15) is 17.4 Å². The molecule has 2 aromatic carbocycles. The van der Waals surface area contributed by atoms with Gasteiger partial charge in [-0.05, 0) is 40.2 Å². The fraction of sp³-hybridized carbons (Fsp3) is 0.0714. The van der Waals surface area contributed by atoms with E-state index in [2.05, 4.69) is 21.2 Å². The van der Waals surface area contributed by atoms with Crippen LogP contribution in [0.2, 0.25) is 0 Å². The molecule has 0 aliphatic carbocycles. The predicted octanol–water partition coefficient (Wildman–Crippen LogP) is 3.98. The molecule has 0 aromatic heterocycles. The first-order valence-corrected chi connectivity index (χ1v) is 6.63. The largest absolute Gasteiger partial charge is 0.497 e. The smallest absolute Gasteiger partial charge is 0.289 e.